The van der Waals surface area contributed by atoms with Gasteiger partial charge >= 0.3 is 6.18 Å². The van der Waals surface area contributed by atoms with Gasteiger partial charge in [0.2, 0.25) is 5.91 Å². The number of rotatable bonds is 8. The Balaban J connectivity index is 1.44. The molecule has 0 unspecified atom stereocenters. The number of carbonyl (C=O) groups is 2. The zero-order valence-corrected chi connectivity index (χ0v) is 21.6. The number of hydrogen-bond acceptors (Lipinski definition) is 4. The molecule has 2 aromatic carbocycles. The van der Waals surface area contributed by atoms with Crippen molar-refractivity contribution in [1.82, 2.24) is 24.5 Å². The summed E-state index contributed by atoms with van der Waals surface area (Å²) < 4.78 is 43.0. The van der Waals surface area contributed by atoms with E-state index in [4.69, 9.17) is 5.10 Å². The van der Waals surface area contributed by atoms with Gasteiger partial charge in [0.15, 0.2) is 0 Å². The summed E-state index contributed by atoms with van der Waals surface area (Å²) in [4.78, 5) is 27.4. The molecule has 0 N–H and O–H groups in total. The van der Waals surface area contributed by atoms with E-state index in [9.17, 15) is 22.8 Å². The highest BCUT2D eigenvalue weighted by Gasteiger charge is 2.45. The minimum absolute atomic E-state index is 0.0265. The van der Waals surface area contributed by atoms with Gasteiger partial charge in [-0.25, -0.2) is 4.68 Å². The number of likely N-dealkylation sites (tertiary alicyclic amines) is 1. The third kappa shape index (κ3) is 5.64. The van der Waals surface area contributed by atoms with Crippen LogP contribution in [-0.4, -0.2) is 55.4 Å². The molecule has 39 heavy (non-hydrogen) atoms. The Morgan fingerprint density at radius 1 is 1.05 bits per heavy atom. The molecule has 1 saturated heterocycles. The summed E-state index contributed by atoms with van der Waals surface area (Å²) in [5.41, 5.74) is 4.43. The second-order valence-electron chi connectivity index (χ2n) is 9.97. The first-order valence-corrected chi connectivity index (χ1v) is 12.7. The molecule has 0 bridgehead atoms. The van der Waals surface area contributed by atoms with E-state index in [0.717, 1.165) is 21.7 Å². The number of halogens is 3. The lowest BCUT2D eigenvalue weighted by molar-refractivity contribution is -0.157. The maximum Gasteiger partial charge on any atom is 0.406 e. The molecule has 7 nitrogen and oxygen atoms in total. The van der Waals surface area contributed by atoms with E-state index in [1.807, 2.05) is 50.5 Å². The van der Waals surface area contributed by atoms with Crippen molar-refractivity contribution >= 4 is 11.7 Å². The number of benzene rings is 2. The van der Waals surface area contributed by atoms with Crippen molar-refractivity contribution < 1.29 is 22.8 Å². The minimum atomic E-state index is -4.52. The highest BCUT2D eigenvalue weighted by atomic mass is 19.4. The third-order valence-corrected chi connectivity index (χ3v) is 7.11. The van der Waals surface area contributed by atoms with Crippen molar-refractivity contribution in [3.63, 3.8) is 0 Å². The minimum Gasteiger partial charge on any atom is -0.333 e. The highest BCUT2D eigenvalue weighted by Crippen LogP contribution is 2.38. The maximum atomic E-state index is 13.5. The average Bonchev–Trinajstić information content (AvgIpc) is 3.55. The number of hydrogen-bond donors (Lipinski definition) is 0. The van der Waals surface area contributed by atoms with E-state index in [1.54, 1.807) is 45.9 Å². The quantitative estimate of drug-likeness (QED) is 0.322. The Morgan fingerprint density at radius 2 is 1.72 bits per heavy atom. The van der Waals surface area contributed by atoms with Crippen molar-refractivity contribution in [2.24, 2.45) is 13.0 Å². The largest absolute Gasteiger partial charge is 0.406 e. The Bertz CT molecular complexity index is 1480. The number of Topliss-reactive ketones (excluding diaryl/α,β-unsaturated/α-hetero) is 1. The summed E-state index contributed by atoms with van der Waals surface area (Å²) in [6, 6.07) is 18.2. The Morgan fingerprint density at radius 3 is 2.33 bits per heavy atom. The summed E-state index contributed by atoms with van der Waals surface area (Å²) in [7, 11) is 1.81. The van der Waals surface area contributed by atoms with E-state index in [2.05, 4.69) is 5.10 Å². The first-order valence-electron chi connectivity index (χ1n) is 12.7. The number of alkyl halides is 3. The summed E-state index contributed by atoms with van der Waals surface area (Å²) in [6.07, 6.45) is -0.960. The van der Waals surface area contributed by atoms with Gasteiger partial charge in [-0.3, -0.25) is 14.3 Å². The van der Waals surface area contributed by atoms with Crippen LogP contribution in [0.3, 0.4) is 0 Å². The number of nitrogens with zero attached hydrogens (tertiary/aromatic N) is 5. The fourth-order valence-corrected chi connectivity index (χ4v) is 5.38. The van der Waals surface area contributed by atoms with Crippen molar-refractivity contribution in [2.45, 2.75) is 31.9 Å². The van der Waals surface area contributed by atoms with Gasteiger partial charge in [0.1, 0.15) is 12.3 Å². The van der Waals surface area contributed by atoms with Crippen molar-refractivity contribution in [3.05, 3.63) is 89.9 Å². The number of aryl methyl sites for hydroxylation is 1. The van der Waals surface area contributed by atoms with Crippen LogP contribution in [0, 0.1) is 12.8 Å². The summed E-state index contributed by atoms with van der Waals surface area (Å²) in [6.45, 7) is 0.448. The zero-order chi connectivity index (χ0) is 27.7. The zero-order valence-electron chi connectivity index (χ0n) is 21.6. The van der Waals surface area contributed by atoms with Gasteiger partial charge in [-0.15, -0.1) is 0 Å². The molecule has 2 atom stereocenters. The number of amides is 1. The van der Waals surface area contributed by atoms with E-state index >= 15 is 0 Å². The second kappa shape index (κ2) is 10.5. The number of para-hydroxylation sites is 1. The van der Waals surface area contributed by atoms with Gasteiger partial charge in [-0.2, -0.15) is 23.4 Å². The van der Waals surface area contributed by atoms with E-state index in [1.165, 1.54) is 0 Å². The fourth-order valence-electron chi connectivity index (χ4n) is 5.38. The van der Waals surface area contributed by atoms with E-state index in [-0.39, 0.29) is 25.2 Å². The fraction of sp³-hybridized carbons (Fsp3) is 0.310. The van der Waals surface area contributed by atoms with Crippen LogP contribution in [0.1, 0.15) is 29.2 Å². The maximum absolute atomic E-state index is 13.5. The topological polar surface area (TPSA) is 73.0 Å². The molecule has 202 valence electrons. The first-order chi connectivity index (χ1) is 18.6. The van der Waals surface area contributed by atoms with Gasteiger partial charge in [0.25, 0.3) is 0 Å². The average molecular weight is 536 g/mol. The molecule has 1 amide bonds. The molecule has 1 aliphatic heterocycles. The van der Waals surface area contributed by atoms with Crippen molar-refractivity contribution in [1.29, 1.82) is 0 Å². The Labute approximate surface area is 223 Å². The first kappa shape index (κ1) is 26.4. The lowest BCUT2D eigenvalue weighted by Gasteiger charge is -2.18. The molecule has 0 saturated carbocycles. The molecule has 0 aliphatic carbocycles. The van der Waals surface area contributed by atoms with Crippen LogP contribution in [0.15, 0.2) is 73.1 Å². The van der Waals surface area contributed by atoms with Gasteiger partial charge in [0, 0.05) is 38.2 Å². The number of aromatic nitrogens is 4. The van der Waals surface area contributed by atoms with Crippen LogP contribution in [0.5, 0.6) is 0 Å². The van der Waals surface area contributed by atoms with Crippen LogP contribution in [0.25, 0.3) is 16.9 Å². The monoisotopic (exact) mass is 535 g/mol. The van der Waals surface area contributed by atoms with E-state index in [0.29, 0.717) is 17.0 Å². The molecular formula is C29H28F3N5O2. The standard InChI is InChI=1S/C29H28F3N5O2/c1-19-25(37(23-11-7-4-8-12-23)34-27(19)22-15-33-35(2)16-22)14-24(38)13-21-17-36(18-29(30,31)32)28(39)26(21)20-9-5-3-6-10-20/h3-12,15-16,21,26H,13-14,17-18H2,1-2H3/t21-,26+/m1/s1. The smallest absolute Gasteiger partial charge is 0.333 e. The lowest BCUT2D eigenvalue weighted by Crippen LogP contribution is -2.36. The molecule has 10 heteroatoms. The third-order valence-electron chi connectivity index (χ3n) is 7.11. The van der Waals surface area contributed by atoms with Crippen LogP contribution < -0.4 is 0 Å². The summed E-state index contributed by atoms with van der Waals surface area (Å²) in [5.74, 6) is -2.13. The molecule has 5 rings (SSSR count). The lowest BCUT2D eigenvalue weighted by atomic mass is 9.84. The van der Waals surface area contributed by atoms with Crippen molar-refractivity contribution in [2.75, 3.05) is 13.1 Å². The molecule has 3 heterocycles. The SMILES string of the molecule is Cc1c(-c2cnn(C)c2)nn(-c2ccccc2)c1CC(=O)C[C@@H]1CN(CC(F)(F)F)C(=O)[C@H]1c1ccccc1. The Kier molecular flexibility index (Phi) is 7.12. The molecule has 0 radical (unpaired) electrons. The van der Waals surface area contributed by atoms with Gasteiger partial charge in [-0.05, 0) is 36.1 Å². The number of ketones is 1. The number of carbonyl (C=O) groups excluding carboxylic acids is 2. The van der Waals surface area contributed by atoms with Gasteiger partial charge in [0.05, 0.1) is 29.2 Å². The summed E-state index contributed by atoms with van der Waals surface area (Å²) >= 11 is 0. The van der Waals surface area contributed by atoms with Crippen LogP contribution in [0.2, 0.25) is 0 Å². The van der Waals surface area contributed by atoms with Crippen LogP contribution >= 0.6 is 0 Å². The normalized spacial score (nSPS) is 17.7. The predicted molar refractivity (Wildman–Crippen MR) is 139 cm³/mol. The van der Waals surface area contributed by atoms with Crippen molar-refractivity contribution in [3.8, 4) is 16.9 Å². The molecule has 4 aromatic rings. The molecule has 2 aromatic heterocycles. The molecule has 1 fully saturated rings. The highest BCUT2D eigenvalue weighted by molar-refractivity contribution is 5.89. The molecule has 0 spiro atoms. The Hall–Kier alpha value is -4.21. The van der Waals surface area contributed by atoms with Gasteiger partial charge < -0.3 is 4.90 Å². The molecular weight excluding hydrogens is 507 g/mol. The van der Waals surface area contributed by atoms with Gasteiger partial charge in [-0.1, -0.05) is 48.5 Å². The second-order valence-corrected chi connectivity index (χ2v) is 9.97. The van der Waals surface area contributed by atoms with E-state index < -0.39 is 30.5 Å². The van der Waals surface area contributed by atoms with Crippen LogP contribution in [0.4, 0.5) is 13.2 Å². The molecule has 1 aliphatic rings. The van der Waals surface area contributed by atoms with Crippen LogP contribution in [-0.2, 0) is 23.1 Å². The summed E-state index contributed by atoms with van der Waals surface area (Å²) in [5, 5.41) is 9.03. The predicted octanol–water partition coefficient (Wildman–Crippen LogP) is 4.89.